The van der Waals surface area contributed by atoms with Gasteiger partial charge < -0.3 is 10.1 Å². The number of aryl methyl sites for hydroxylation is 1. The molecule has 1 aliphatic rings. The zero-order valence-electron chi connectivity index (χ0n) is 12.0. The van der Waals surface area contributed by atoms with Crippen LogP contribution in [-0.4, -0.2) is 35.6 Å². The van der Waals surface area contributed by atoms with E-state index in [9.17, 15) is 0 Å². The molecule has 0 aromatic carbocycles. The van der Waals surface area contributed by atoms with E-state index in [1.54, 1.807) is 7.11 Å². The number of methoxy groups -OCH3 is 1. The molecular weight excluding hydrogens is 226 g/mol. The van der Waals surface area contributed by atoms with Crippen LogP contribution in [0, 0.1) is 13.8 Å². The second kappa shape index (κ2) is 5.85. The molecule has 1 aromatic rings. The number of aromatic nitrogens is 2. The lowest BCUT2D eigenvalue weighted by Crippen LogP contribution is -2.20. The Morgan fingerprint density at radius 1 is 1.44 bits per heavy atom. The van der Waals surface area contributed by atoms with Gasteiger partial charge in [-0.05, 0) is 52.1 Å². The second-order valence-corrected chi connectivity index (χ2v) is 5.36. The molecule has 2 rings (SSSR count). The highest BCUT2D eigenvalue weighted by Crippen LogP contribution is 2.19. The second-order valence-electron chi connectivity index (χ2n) is 5.36. The Hall–Kier alpha value is -0.870. The quantitative estimate of drug-likeness (QED) is 0.803. The smallest absolute Gasteiger partial charge is 0.0739 e. The van der Waals surface area contributed by atoms with Crippen LogP contribution >= 0.6 is 0 Å². The summed E-state index contributed by atoms with van der Waals surface area (Å²) in [5.74, 6) is 0. The topological polar surface area (TPSA) is 39.1 Å². The first-order chi connectivity index (χ1) is 8.61. The Balaban J connectivity index is 1.95. The van der Waals surface area contributed by atoms with Crippen molar-refractivity contribution < 1.29 is 4.74 Å². The third-order valence-electron chi connectivity index (χ3n) is 3.75. The monoisotopic (exact) mass is 251 g/mol. The lowest BCUT2D eigenvalue weighted by atomic mass is 10.1. The lowest BCUT2D eigenvalue weighted by Gasteiger charge is -2.11. The Morgan fingerprint density at radius 3 is 2.78 bits per heavy atom. The molecule has 4 nitrogen and oxygen atoms in total. The fraction of sp³-hybridized carbons (Fsp3) is 0.786. The summed E-state index contributed by atoms with van der Waals surface area (Å²) >= 11 is 0. The number of hydrogen-bond donors (Lipinski definition) is 1. The molecule has 0 amide bonds. The highest BCUT2D eigenvalue weighted by molar-refractivity contribution is 5.25. The average Bonchev–Trinajstić information content (AvgIpc) is 3.12. The van der Waals surface area contributed by atoms with Crippen molar-refractivity contribution in [3.63, 3.8) is 0 Å². The van der Waals surface area contributed by atoms with Gasteiger partial charge in [0, 0.05) is 18.8 Å². The Bertz CT molecular complexity index is 396. The Labute approximate surface area is 110 Å². The van der Waals surface area contributed by atoms with Gasteiger partial charge in [0.05, 0.1) is 18.3 Å². The minimum Gasteiger partial charge on any atom is -0.380 e. The molecule has 1 N–H and O–H groups in total. The van der Waals surface area contributed by atoms with Crippen LogP contribution in [0.1, 0.15) is 36.7 Å². The first kappa shape index (κ1) is 13.6. The van der Waals surface area contributed by atoms with Gasteiger partial charge in [0.25, 0.3) is 0 Å². The normalized spacial score (nSPS) is 17.1. The third kappa shape index (κ3) is 3.33. The number of nitrogens with one attached hydrogen (secondary N) is 1. The molecule has 0 radical (unpaired) electrons. The zero-order chi connectivity index (χ0) is 13.1. The first-order valence-corrected chi connectivity index (χ1v) is 6.91. The predicted molar refractivity (Wildman–Crippen MR) is 72.9 cm³/mol. The summed E-state index contributed by atoms with van der Waals surface area (Å²) in [6.45, 7) is 8.24. The van der Waals surface area contributed by atoms with Crippen LogP contribution in [0.2, 0.25) is 0 Å². The van der Waals surface area contributed by atoms with Gasteiger partial charge in [0.1, 0.15) is 0 Å². The highest BCUT2D eigenvalue weighted by Gasteiger charge is 2.20. The Morgan fingerprint density at radius 2 is 2.17 bits per heavy atom. The van der Waals surface area contributed by atoms with E-state index in [-0.39, 0.29) is 6.10 Å². The maximum Gasteiger partial charge on any atom is 0.0739 e. The van der Waals surface area contributed by atoms with E-state index in [1.807, 2.05) is 0 Å². The molecule has 1 atom stereocenters. The van der Waals surface area contributed by atoms with Crippen LogP contribution in [0.15, 0.2) is 0 Å². The summed E-state index contributed by atoms with van der Waals surface area (Å²) in [6, 6.07) is 0.786. The summed E-state index contributed by atoms with van der Waals surface area (Å²) in [5, 5.41) is 8.18. The summed E-state index contributed by atoms with van der Waals surface area (Å²) in [7, 11) is 1.75. The van der Waals surface area contributed by atoms with Crippen molar-refractivity contribution in [1.29, 1.82) is 0 Å². The zero-order valence-corrected chi connectivity index (χ0v) is 12.0. The van der Waals surface area contributed by atoms with Crippen molar-refractivity contribution in [3.8, 4) is 0 Å². The molecule has 102 valence electrons. The van der Waals surface area contributed by atoms with Crippen molar-refractivity contribution in [3.05, 3.63) is 17.0 Å². The van der Waals surface area contributed by atoms with E-state index in [0.717, 1.165) is 31.2 Å². The molecule has 0 bridgehead atoms. The molecular formula is C14H25N3O. The minimum atomic E-state index is 0.209. The minimum absolute atomic E-state index is 0.209. The molecule has 0 aliphatic heterocycles. The van der Waals surface area contributed by atoms with Gasteiger partial charge in [-0.15, -0.1) is 0 Å². The predicted octanol–water partition coefficient (Wildman–Crippen LogP) is 1.83. The third-order valence-corrected chi connectivity index (χ3v) is 3.75. The summed E-state index contributed by atoms with van der Waals surface area (Å²) in [5.41, 5.74) is 3.84. The van der Waals surface area contributed by atoms with Crippen molar-refractivity contribution in [1.82, 2.24) is 15.1 Å². The molecule has 1 saturated carbocycles. The van der Waals surface area contributed by atoms with Crippen LogP contribution in [-0.2, 0) is 17.7 Å². The average molecular weight is 251 g/mol. The number of ether oxygens (including phenoxy) is 1. The van der Waals surface area contributed by atoms with Crippen LogP contribution < -0.4 is 5.32 Å². The Kier molecular flexibility index (Phi) is 4.40. The largest absolute Gasteiger partial charge is 0.380 e. The van der Waals surface area contributed by atoms with Crippen LogP contribution in [0.25, 0.3) is 0 Å². The van der Waals surface area contributed by atoms with Gasteiger partial charge in [0.15, 0.2) is 0 Å². The van der Waals surface area contributed by atoms with Crippen molar-refractivity contribution in [2.45, 2.75) is 58.7 Å². The van der Waals surface area contributed by atoms with E-state index in [4.69, 9.17) is 4.74 Å². The molecule has 4 heteroatoms. The van der Waals surface area contributed by atoms with Gasteiger partial charge in [-0.1, -0.05) is 0 Å². The van der Waals surface area contributed by atoms with Gasteiger partial charge in [0.2, 0.25) is 0 Å². The van der Waals surface area contributed by atoms with Gasteiger partial charge in [-0.2, -0.15) is 5.10 Å². The molecule has 1 unspecified atom stereocenters. The summed E-state index contributed by atoms with van der Waals surface area (Å²) in [6.07, 6.45) is 3.99. The standard InChI is InChI=1S/C14H25N3O/c1-10(18-4)9-17-12(3)14(11(2)16-17)7-8-15-13-5-6-13/h10,13,15H,5-9H2,1-4H3. The molecule has 0 spiro atoms. The molecule has 1 heterocycles. The maximum absolute atomic E-state index is 5.31. The summed E-state index contributed by atoms with van der Waals surface area (Å²) < 4.78 is 7.39. The maximum atomic E-state index is 5.31. The van der Waals surface area contributed by atoms with E-state index >= 15 is 0 Å². The fourth-order valence-corrected chi connectivity index (χ4v) is 2.28. The summed E-state index contributed by atoms with van der Waals surface area (Å²) in [4.78, 5) is 0. The van der Waals surface area contributed by atoms with Gasteiger partial charge in [-0.25, -0.2) is 0 Å². The molecule has 1 aliphatic carbocycles. The molecule has 1 aromatic heterocycles. The molecule has 18 heavy (non-hydrogen) atoms. The van der Waals surface area contributed by atoms with Crippen molar-refractivity contribution >= 4 is 0 Å². The van der Waals surface area contributed by atoms with Crippen molar-refractivity contribution in [2.75, 3.05) is 13.7 Å². The number of nitrogens with zero attached hydrogens (tertiary/aromatic N) is 2. The SMILES string of the molecule is COC(C)Cn1nc(C)c(CCNC2CC2)c1C. The van der Waals surface area contributed by atoms with Gasteiger partial charge >= 0.3 is 0 Å². The highest BCUT2D eigenvalue weighted by atomic mass is 16.5. The molecule has 1 fully saturated rings. The van der Waals surface area contributed by atoms with Crippen LogP contribution in [0.3, 0.4) is 0 Å². The molecule has 0 saturated heterocycles. The first-order valence-electron chi connectivity index (χ1n) is 6.91. The van der Waals surface area contributed by atoms with E-state index in [0.29, 0.717) is 0 Å². The number of hydrogen-bond acceptors (Lipinski definition) is 3. The van der Waals surface area contributed by atoms with Crippen LogP contribution in [0.5, 0.6) is 0 Å². The number of rotatable bonds is 7. The van der Waals surface area contributed by atoms with E-state index in [2.05, 4.69) is 35.9 Å². The fourth-order valence-electron chi connectivity index (χ4n) is 2.28. The van der Waals surface area contributed by atoms with Crippen molar-refractivity contribution in [2.24, 2.45) is 0 Å². The van der Waals surface area contributed by atoms with Crippen LogP contribution in [0.4, 0.5) is 0 Å². The van der Waals surface area contributed by atoms with E-state index in [1.165, 1.54) is 24.1 Å². The van der Waals surface area contributed by atoms with E-state index < -0.39 is 0 Å². The van der Waals surface area contributed by atoms with Gasteiger partial charge in [-0.3, -0.25) is 4.68 Å². The lowest BCUT2D eigenvalue weighted by molar-refractivity contribution is 0.0991.